The second-order valence-electron chi connectivity index (χ2n) is 3.03. The van der Waals surface area contributed by atoms with Gasteiger partial charge in [0.05, 0.1) is 10.6 Å². The summed E-state index contributed by atoms with van der Waals surface area (Å²) in [4.78, 5) is 24.6. The molecule has 0 aliphatic carbocycles. The number of nitrogens with one attached hydrogen (secondary N) is 1. The fourth-order valence-corrected chi connectivity index (χ4v) is 1.62. The van der Waals surface area contributed by atoms with Crippen molar-refractivity contribution >= 4 is 34.3 Å². The Bertz CT molecular complexity index is 559. The van der Waals surface area contributed by atoms with Crippen LogP contribution in [0.15, 0.2) is 24.4 Å². The monoisotopic (exact) mass is 223 g/mol. The average molecular weight is 224 g/mol. The molecule has 0 aliphatic heterocycles. The van der Waals surface area contributed by atoms with Crippen LogP contribution < -0.4 is 0 Å². The maximum atomic E-state index is 11.2. The van der Waals surface area contributed by atoms with Gasteiger partial charge in [-0.1, -0.05) is 11.6 Å². The molecule has 1 aromatic carbocycles. The quantitative estimate of drug-likeness (QED) is 0.605. The van der Waals surface area contributed by atoms with Crippen LogP contribution in [0.4, 0.5) is 0 Å². The van der Waals surface area contributed by atoms with E-state index < -0.39 is 11.8 Å². The molecule has 0 atom stereocenters. The summed E-state index contributed by atoms with van der Waals surface area (Å²) in [6, 6.07) is 4.79. The number of benzene rings is 1. The van der Waals surface area contributed by atoms with Crippen LogP contribution in [0.5, 0.6) is 0 Å². The SMILES string of the molecule is O=C(O)C(=O)c1cc2[nH]ccc2cc1Cl. The molecule has 15 heavy (non-hydrogen) atoms. The third-order valence-electron chi connectivity index (χ3n) is 2.08. The highest BCUT2D eigenvalue weighted by Crippen LogP contribution is 2.23. The molecule has 0 bridgehead atoms. The highest BCUT2D eigenvalue weighted by molar-refractivity contribution is 6.45. The van der Waals surface area contributed by atoms with Gasteiger partial charge < -0.3 is 10.1 Å². The van der Waals surface area contributed by atoms with Gasteiger partial charge in [-0.25, -0.2) is 4.79 Å². The Morgan fingerprint density at radius 1 is 1.33 bits per heavy atom. The Labute approximate surface area is 89.5 Å². The number of ketones is 1. The molecule has 0 spiro atoms. The fraction of sp³-hybridized carbons (Fsp3) is 0. The molecule has 0 saturated heterocycles. The van der Waals surface area contributed by atoms with Crippen molar-refractivity contribution in [2.75, 3.05) is 0 Å². The third-order valence-corrected chi connectivity index (χ3v) is 2.39. The number of halogens is 1. The van der Waals surface area contributed by atoms with E-state index in [4.69, 9.17) is 16.7 Å². The molecule has 4 nitrogen and oxygen atoms in total. The van der Waals surface area contributed by atoms with Crippen molar-refractivity contribution in [2.24, 2.45) is 0 Å². The van der Waals surface area contributed by atoms with Crippen LogP contribution in [0.25, 0.3) is 10.9 Å². The van der Waals surface area contributed by atoms with Gasteiger partial charge in [0, 0.05) is 17.1 Å². The van der Waals surface area contributed by atoms with Gasteiger partial charge in [0.15, 0.2) is 0 Å². The lowest BCUT2D eigenvalue weighted by atomic mass is 10.1. The Hall–Kier alpha value is -1.81. The molecular weight excluding hydrogens is 218 g/mol. The van der Waals surface area contributed by atoms with E-state index in [9.17, 15) is 9.59 Å². The maximum absolute atomic E-state index is 11.2. The second kappa shape index (κ2) is 3.40. The van der Waals surface area contributed by atoms with E-state index in [1.165, 1.54) is 6.07 Å². The number of carbonyl (C=O) groups is 2. The van der Waals surface area contributed by atoms with E-state index in [-0.39, 0.29) is 10.6 Å². The number of carboxylic acids is 1. The maximum Gasteiger partial charge on any atom is 0.377 e. The number of rotatable bonds is 2. The first kappa shape index (κ1) is 9.73. The molecule has 1 aromatic heterocycles. The molecule has 1 heterocycles. The molecule has 0 saturated carbocycles. The molecule has 0 fully saturated rings. The van der Waals surface area contributed by atoms with E-state index in [1.54, 1.807) is 18.3 Å². The number of aliphatic carboxylic acids is 1. The largest absolute Gasteiger partial charge is 0.475 e. The number of H-pyrrole nitrogens is 1. The third kappa shape index (κ3) is 1.59. The Morgan fingerprint density at radius 2 is 2.07 bits per heavy atom. The first-order valence-electron chi connectivity index (χ1n) is 4.14. The van der Waals surface area contributed by atoms with Crippen molar-refractivity contribution in [1.29, 1.82) is 0 Å². The van der Waals surface area contributed by atoms with Crippen LogP contribution in [0, 0.1) is 0 Å². The summed E-state index contributed by atoms with van der Waals surface area (Å²) in [5.74, 6) is -2.51. The number of fused-ring (bicyclic) bond motifs is 1. The molecule has 76 valence electrons. The zero-order chi connectivity index (χ0) is 11.0. The number of hydrogen-bond donors (Lipinski definition) is 2. The van der Waals surface area contributed by atoms with Crippen LogP contribution in [0.2, 0.25) is 5.02 Å². The van der Waals surface area contributed by atoms with Gasteiger partial charge >= 0.3 is 5.97 Å². The molecular formula is C10H6ClNO3. The van der Waals surface area contributed by atoms with Gasteiger partial charge in [0.1, 0.15) is 0 Å². The zero-order valence-electron chi connectivity index (χ0n) is 7.45. The Kier molecular flexibility index (Phi) is 2.21. The molecule has 5 heteroatoms. The highest BCUT2D eigenvalue weighted by atomic mass is 35.5. The minimum atomic E-state index is -1.51. The first-order chi connectivity index (χ1) is 7.09. The Morgan fingerprint density at radius 3 is 2.73 bits per heavy atom. The lowest BCUT2D eigenvalue weighted by Gasteiger charge is -2.00. The van der Waals surface area contributed by atoms with Crippen molar-refractivity contribution in [2.45, 2.75) is 0 Å². The van der Waals surface area contributed by atoms with E-state index in [0.717, 1.165) is 5.39 Å². The summed E-state index contributed by atoms with van der Waals surface area (Å²) in [6.07, 6.45) is 1.69. The second-order valence-corrected chi connectivity index (χ2v) is 3.44. The van der Waals surface area contributed by atoms with Crippen LogP contribution in [-0.2, 0) is 4.79 Å². The molecule has 0 amide bonds. The van der Waals surface area contributed by atoms with Crippen molar-refractivity contribution in [1.82, 2.24) is 4.98 Å². The molecule has 2 rings (SSSR count). The summed E-state index contributed by atoms with van der Waals surface area (Å²) in [7, 11) is 0. The van der Waals surface area contributed by atoms with E-state index in [1.807, 2.05) is 0 Å². The topological polar surface area (TPSA) is 70.2 Å². The number of carboxylic acid groups (broad SMARTS) is 1. The minimum absolute atomic E-state index is 0.000818. The number of aromatic amines is 1. The molecule has 0 unspecified atom stereocenters. The van der Waals surface area contributed by atoms with Crippen molar-refractivity contribution in [3.63, 3.8) is 0 Å². The summed E-state index contributed by atoms with van der Waals surface area (Å²) in [5.41, 5.74) is 0.683. The average Bonchev–Trinajstić information content (AvgIpc) is 2.62. The predicted octanol–water partition coefficient (Wildman–Crippen LogP) is 2.09. The molecule has 2 N–H and O–H groups in total. The van der Waals surface area contributed by atoms with Gasteiger partial charge in [-0.15, -0.1) is 0 Å². The highest BCUT2D eigenvalue weighted by Gasteiger charge is 2.18. The summed E-state index contributed by atoms with van der Waals surface area (Å²) >= 11 is 5.80. The molecule has 0 aliphatic rings. The van der Waals surface area contributed by atoms with Crippen molar-refractivity contribution < 1.29 is 14.7 Å². The lowest BCUT2D eigenvalue weighted by molar-refractivity contribution is -0.131. The summed E-state index contributed by atoms with van der Waals surface area (Å²) < 4.78 is 0. The van der Waals surface area contributed by atoms with Gasteiger partial charge in [0.2, 0.25) is 0 Å². The van der Waals surface area contributed by atoms with Gasteiger partial charge in [-0.05, 0) is 18.2 Å². The first-order valence-corrected chi connectivity index (χ1v) is 4.51. The van der Waals surface area contributed by atoms with Gasteiger partial charge in [0.25, 0.3) is 5.78 Å². The standard InChI is InChI=1S/C10H6ClNO3/c11-7-3-5-1-2-12-8(5)4-6(7)9(13)10(14)15/h1-4,12H,(H,14,15). The van der Waals surface area contributed by atoms with E-state index in [0.29, 0.717) is 5.52 Å². The smallest absolute Gasteiger partial charge is 0.377 e. The Balaban J connectivity index is 2.65. The van der Waals surface area contributed by atoms with Crippen LogP contribution >= 0.6 is 11.6 Å². The number of aromatic nitrogens is 1. The van der Waals surface area contributed by atoms with Gasteiger partial charge in [-0.2, -0.15) is 0 Å². The molecule has 2 aromatic rings. The minimum Gasteiger partial charge on any atom is -0.475 e. The van der Waals surface area contributed by atoms with Crippen molar-refractivity contribution in [3.8, 4) is 0 Å². The van der Waals surface area contributed by atoms with E-state index >= 15 is 0 Å². The normalized spacial score (nSPS) is 10.5. The summed E-state index contributed by atoms with van der Waals surface area (Å²) in [5, 5.41) is 9.55. The van der Waals surface area contributed by atoms with E-state index in [2.05, 4.69) is 4.98 Å². The number of Topliss-reactive ketones (excluding diaryl/α,β-unsaturated/α-hetero) is 1. The number of hydrogen-bond acceptors (Lipinski definition) is 2. The van der Waals surface area contributed by atoms with Crippen molar-refractivity contribution in [3.05, 3.63) is 35.0 Å². The van der Waals surface area contributed by atoms with Crippen LogP contribution in [-0.4, -0.2) is 21.8 Å². The number of carbonyl (C=O) groups excluding carboxylic acids is 1. The fourth-order valence-electron chi connectivity index (χ4n) is 1.36. The van der Waals surface area contributed by atoms with Crippen LogP contribution in [0.3, 0.4) is 0 Å². The van der Waals surface area contributed by atoms with Gasteiger partial charge in [-0.3, -0.25) is 4.79 Å². The van der Waals surface area contributed by atoms with Crippen LogP contribution in [0.1, 0.15) is 10.4 Å². The lowest BCUT2D eigenvalue weighted by Crippen LogP contribution is -2.13. The summed E-state index contributed by atoms with van der Waals surface area (Å²) in [6.45, 7) is 0. The zero-order valence-corrected chi connectivity index (χ0v) is 8.21. The molecule has 0 radical (unpaired) electrons. The predicted molar refractivity (Wildman–Crippen MR) is 55.3 cm³/mol.